The van der Waals surface area contributed by atoms with Crippen molar-refractivity contribution in [3.63, 3.8) is 0 Å². The fraction of sp³-hybridized carbons (Fsp3) is 0.562. The normalized spacial score (nSPS) is 13.7. The Bertz CT molecular complexity index is 639. The molecule has 0 spiro atoms. The van der Waals surface area contributed by atoms with Gasteiger partial charge >= 0.3 is 0 Å². The topological polar surface area (TPSA) is 68.0 Å². The standard InChI is InChI=1S/C16H23N3O2S2/c1-5-10(3)7-13(20)19-16-18-9-14(23-16)22-11(4)15-17-8-12(6-2)21-15/h8-11H,5-7H2,1-4H3,(H,18,19,20). The molecule has 0 aromatic carbocycles. The van der Waals surface area contributed by atoms with Crippen molar-refractivity contribution in [3.8, 4) is 0 Å². The number of thioether (sulfide) groups is 1. The van der Waals surface area contributed by atoms with E-state index >= 15 is 0 Å². The molecule has 0 saturated carbocycles. The van der Waals surface area contributed by atoms with Gasteiger partial charge in [-0.25, -0.2) is 9.97 Å². The van der Waals surface area contributed by atoms with Gasteiger partial charge in [0.25, 0.3) is 0 Å². The predicted octanol–water partition coefficient (Wildman–Crippen LogP) is 4.92. The van der Waals surface area contributed by atoms with Gasteiger partial charge in [-0.05, 0) is 12.8 Å². The summed E-state index contributed by atoms with van der Waals surface area (Å²) in [7, 11) is 0. The highest BCUT2D eigenvalue weighted by atomic mass is 32.2. The van der Waals surface area contributed by atoms with Gasteiger partial charge in [0.2, 0.25) is 11.8 Å². The van der Waals surface area contributed by atoms with E-state index in [0.29, 0.717) is 17.5 Å². The lowest BCUT2D eigenvalue weighted by Gasteiger charge is -2.07. The number of thiazole rings is 1. The number of rotatable bonds is 8. The summed E-state index contributed by atoms with van der Waals surface area (Å²) in [5, 5.41) is 3.63. The van der Waals surface area contributed by atoms with Gasteiger partial charge < -0.3 is 9.73 Å². The third kappa shape index (κ3) is 5.35. The smallest absolute Gasteiger partial charge is 0.226 e. The Morgan fingerprint density at radius 2 is 2.13 bits per heavy atom. The third-order valence-corrected chi connectivity index (χ3v) is 5.66. The van der Waals surface area contributed by atoms with Crippen LogP contribution in [0.3, 0.4) is 0 Å². The van der Waals surface area contributed by atoms with E-state index in [-0.39, 0.29) is 11.2 Å². The maximum absolute atomic E-state index is 11.9. The minimum Gasteiger partial charge on any atom is -0.445 e. The van der Waals surface area contributed by atoms with Gasteiger partial charge in [-0.2, -0.15) is 0 Å². The zero-order chi connectivity index (χ0) is 16.8. The Kier molecular flexibility index (Phi) is 6.65. The fourth-order valence-corrected chi connectivity index (χ4v) is 4.00. The molecule has 2 atom stereocenters. The lowest BCUT2D eigenvalue weighted by molar-refractivity contribution is -0.117. The van der Waals surface area contributed by atoms with Crippen molar-refractivity contribution >= 4 is 34.1 Å². The van der Waals surface area contributed by atoms with Crippen LogP contribution >= 0.6 is 23.1 Å². The largest absolute Gasteiger partial charge is 0.445 e. The number of carbonyl (C=O) groups is 1. The van der Waals surface area contributed by atoms with Gasteiger partial charge in [0.05, 0.1) is 21.9 Å². The molecule has 1 amide bonds. The summed E-state index contributed by atoms with van der Waals surface area (Å²) in [5.41, 5.74) is 0. The van der Waals surface area contributed by atoms with E-state index in [4.69, 9.17) is 4.42 Å². The minimum atomic E-state index is 0.0265. The zero-order valence-electron chi connectivity index (χ0n) is 14.0. The second-order valence-corrected chi connectivity index (χ2v) is 8.20. The van der Waals surface area contributed by atoms with E-state index in [1.54, 1.807) is 24.2 Å². The Balaban J connectivity index is 1.90. The Hall–Kier alpha value is -1.34. The average molecular weight is 354 g/mol. The van der Waals surface area contributed by atoms with E-state index in [2.05, 4.69) is 36.1 Å². The monoisotopic (exact) mass is 353 g/mol. The van der Waals surface area contributed by atoms with Crippen LogP contribution in [0.1, 0.15) is 57.4 Å². The quantitative estimate of drug-likeness (QED) is 0.682. The van der Waals surface area contributed by atoms with Gasteiger partial charge in [0, 0.05) is 12.8 Å². The Labute approximate surface area is 145 Å². The van der Waals surface area contributed by atoms with Crippen LogP contribution in [-0.2, 0) is 11.2 Å². The number of nitrogens with zero attached hydrogens (tertiary/aromatic N) is 2. The number of hydrogen-bond donors (Lipinski definition) is 1. The summed E-state index contributed by atoms with van der Waals surface area (Å²) in [6.07, 6.45) is 5.94. The van der Waals surface area contributed by atoms with Crippen LogP contribution in [0.2, 0.25) is 0 Å². The molecule has 2 rings (SSSR count). The first-order valence-electron chi connectivity index (χ1n) is 7.88. The van der Waals surface area contributed by atoms with Gasteiger partial charge in [-0.1, -0.05) is 38.5 Å². The molecule has 2 aromatic rings. The van der Waals surface area contributed by atoms with Crippen LogP contribution in [0.4, 0.5) is 5.13 Å². The average Bonchev–Trinajstić information content (AvgIpc) is 3.16. The second kappa shape index (κ2) is 8.49. The first-order chi connectivity index (χ1) is 11.0. The molecule has 0 bridgehead atoms. The summed E-state index contributed by atoms with van der Waals surface area (Å²) in [5.74, 6) is 2.04. The molecular weight excluding hydrogens is 330 g/mol. The van der Waals surface area contributed by atoms with Crippen molar-refractivity contribution in [2.45, 2.75) is 56.4 Å². The number of hydrogen-bond acceptors (Lipinski definition) is 6. The van der Waals surface area contributed by atoms with Crippen LogP contribution in [0.25, 0.3) is 0 Å². The maximum Gasteiger partial charge on any atom is 0.226 e. The first-order valence-corrected chi connectivity index (χ1v) is 9.58. The molecule has 7 heteroatoms. The molecule has 0 saturated heterocycles. The lowest BCUT2D eigenvalue weighted by atomic mass is 10.1. The van der Waals surface area contributed by atoms with E-state index < -0.39 is 0 Å². The zero-order valence-corrected chi connectivity index (χ0v) is 15.6. The van der Waals surface area contributed by atoms with E-state index in [9.17, 15) is 4.79 Å². The van der Waals surface area contributed by atoms with Crippen LogP contribution in [0.5, 0.6) is 0 Å². The Morgan fingerprint density at radius 1 is 1.35 bits per heavy atom. The molecule has 0 fully saturated rings. The summed E-state index contributed by atoms with van der Waals surface area (Å²) in [6.45, 7) is 8.26. The molecule has 2 unspecified atom stereocenters. The molecule has 1 N–H and O–H groups in total. The van der Waals surface area contributed by atoms with Crippen molar-refractivity contribution < 1.29 is 9.21 Å². The highest BCUT2D eigenvalue weighted by Crippen LogP contribution is 2.38. The number of oxazole rings is 1. The van der Waals surface area contributed by atoms with Crippen LogP contribution < -0.4 is 5.32 Å². The SMILES string of the molecule is CCc1cnc(C(C)Sc2cnc(NC(=O)CC(C)CC)s2)o1. The van der Waals surface area contributed by atoms with Crippen molar-refractivity contribution in [2.75, 3.05) is 5.32 Å². The van der Waals surface area contributed by atoms with Crippen molar-refractivity contribution in [1.82, 2.24) is 9.97 Å². The number of nitrogens with one attached hydrogen (secondary N) is 1. The Morgan fingerprint density at radius 3 is 2.78 bits per heavy atom. The third-order valence-electron chi connectivity index (χ3n) is 3.52. The second-order valence-electron chi connectivity index (χ2n) is 5.53. The predicted molar refractivity (Wildman–Crippen MR) is 95.0 cm³/mol. The number of aryl methyl sites for hydroxylation is 1. The molecular formula is C16H23N3O2S2. The highest BCUT2D eigenvalue weighted by Gasteiger charge is 2.16. The molecule has 0 aliphatic heterocycles. The van der Waals surface area contributed by atoms with Crippen molar-refractivity contribution in [2.24, 2.45) is 5.92 Å². The van der Waals surface area contributed by atoms with E-state index in [1.807, 2.05) is 6.92 Å². The van der Waals surface area contributed by atoms with Crippen molar-refractivity contribution in [3.05, 3.63) is 24.0 Å². The van der Waals surface area contributed by atoms with Gasteiger partial charge in [-0.15, -0.1) is 11.8 Å². The number of aromatic nitrogens is 2. The summed E-state index contributed by atoms with van der Waals surface area (Å²) >= 11 is 3.12. The van der Waals surface area contributed by atoms with Crippen molar-refractivity contribution in [1.29, 1.82) is 0 Å². The summed E-state index contributed by atoms with van der Waals surface area (Å²) in [6, 6.07) is 0. The lowest BCUT2D eigenvalue weighted by Crippen LogP contribution is -2.14. The molecule has 5 nitrogen and oxygen atoms in total. The van der Waals surface area contributed by atoms with Gasteiger partial charge in [0.15, 0.2) is 5.13 Å². The molecule has 0 radical (unpaired) electrons. The van der Waals surface area contributed by atoms with Crippen LogP contribution in [0, 0.1) is 5.92 Å². The van der Waals surface area contributed by atoms with Gasteiger partial charge in [-0.3, -0.25) is 4.79 Å². The summed E-state index contributed by atoms with van der Waals surface area (Å²) < 4.78 is 6.71. The number of carbonyl (C=O) groups excluding carboxylic acids is 1. The molecule has 23 heavy (non-hydrogen) atoms. The van der Waals surface area contributed by atoms with Gasteiger partial charge in [0.1, 0.15) is 5.76 Å². The molecule has 2 heterocycles. The number of anilines is 1. The van der Waals surface area contributed by atoms with E-state index in [0.717, 1.165) is 28.7 Å². The molecule has 0 aliphatic rings. The van der Waals surface area contributed by atoms with Crippen LogP contribution in [0.15, 0.2) is 21.0 Å². The summed E-state index contributed by atoms with van der Waals surface area (Å²) in [4.78, 5) is 20.5. The highest BCUT2D eigenvalue weighted by molar-refractivity contribution is 8.01. The minimum absolute atomic E-state index is 0.0265. The maximum atomic E-state index is 11.9. The molecule has 2 aromatic heterocycles. The number of amides is 1. The first kappa shape index (κ1) is 18.0. The van der Waals surface area contributed by atoms with Crippen LogP contribution in [-0.4, -0.2) is 15.9 Å². The molecule has 126 valence electrons. The van der Waals surface area contributed by atoms with E-state index in [1.165, 1.54) is 11.3 Å². The molecule has 0 aliphatic carbocycles. The fourth-order valence-electron chi connectivity index (χ4n) is 1.90.